The molecule has 0 unspecified atom stereocenters. The van der Waals surface area contributed by atoms with E-state index in [1.807, 2.05) is 0 Å². The zero-order chi connectivity index (χ0) is 20.4. The van der Waals surface area contributed by atoms with E-state index in [1.165, 1.54) is 22.8 Å². The minimum Gasteiger partial charge on any atom is -0.487 e. The standard InChI is InChI=1S/C19H17FN6O3/c1-25-17-15(6-4-8-22-17)29-11-14(19(25)28)23-18(27)16-13(20)10-26(24-16)9-12-5-2-3-7-21-12/h2-8,10,14H,9,11H2,1H3,(H,23,27)/t14-/m0/s1. The fraction of sp³-hybridized carbons (Fsp3) is 0.211. The van der Waals surface area contributed by atoms with Crippen LogP contribution in [0.25, 0.3) is 0 Å². The quantitative estimate of drug-likeness (QED) is 0.706. The fourth-order valence-electron chi connectivity index (χ4n) is 2.95. The third-order valence-corrected chi connectivity index (χ3v) is 4.39. The first kappa shape index (κ1) is 18.5. The summed E-state index contributed by atoms with van der Waals surface area (Å²) < 4.78 is 21.2. The number of nitrogens with one attached hydrogen (secondary N) is 1. The Morgan fingerprint density at radius 2 is 2.10 bits per heavy atom. The Hall–Kier alpha value is -3.82. The molecule has 29 heavy (non-hydrogen) atoms. The van der Waals surface area contributed by atoms with Crippen LogP contribution in [0, 0.1) is 5.82 Å². The van der Waals surface area contributed by atoms with Gasteiger partial charge in [-0.1, -0.05) is 6.07 Å². The number of ether oxygens (including phenoxy) is 1. The van der Waals surface area contributed by atoms with E-state index in [4.69, 9.17) is 4.74 Å². The summed E-state index contributed by atoms with van der Waals surface area (Å²) in [5.41, 5.74) is 0.262. The average molecular weight is 396 g/mol. The Morgan fingerprint density at radius 1 is 1.28 bits per heavy atom. The molecule has 3 aromatic heterocycles. The topological polar surface area (TPSA) is 102 Å². The first-order chi connectivity index (χ1) is 14.0. The second-order valence-electron chi connectivity index (χ2n) is 6.40. The van der Waals surface area contributed by atoms with Crippen molar-refractivity contribution in [1.29, 1.82) is 0 Å². The van der Waals surface area contributed by atoms with Crippen molar-refractivity contribution in [2.75, 3.05) is 18.6 Å². The summed E-state index contributed by atoms with van der Waals surface area (Å²) in [7, 11) is 1.53. The molecular weight excluding hydrogens is 379 g/mol. The first-order valence-corrected chi connectivity index (χ1v) is 8.82. The summed E-state index contributed by atoms with van der Waals surface area (Å²) in [6, 6.07) is 7.68. The van der Waals surface area contributed by atoms with E-state index in [1.54, 1.807) is 36.5 Å². The third-order valence-electron chi connectivity index (χ3n) is 4.39. The molecule has 10 heteroatoms. The molecule has 0 bridgehead atoms. The molecule has 4 rings (SSSR count). The van der Waals surface area contributed by atoms with Crippen LogP contribution in [0.5, 0.6) is 5.75 Å². The molecule has 0 spiro atoms. The molecule has 1 aliphatic rings. The number of hydrogen-bond acceptors (Lipinski definition) is 6. The lowest BCUT2D eigenvalue weighted by Gasteiger charge is -2.19. The van der Waals surface area contributed by atoms with Gasteiger partial charge >= 0.3 is 0 Å². The summed E-state index contributed by atoms with van der Waals surface area (Å²) in [5, 5.41) is 6.48. The number of hydrogen-bond donors (Lipinski definition) is 1. The van der Waals surface area contributed by atoms with E-state index in [2.05, 4.69) is 20.4 Å². The van der Waals surface area contributed by atoms with Crippen LogP contribution in [-0.2, 0) is 11.3 Å². The van der Waals surface area contributed by atoms with E-state index in [9.17, 15) is 14.0 Å². The number of likely N-dealkylation sites (N-methyl/N-ethyl adjacent to an activating group) is 1. The fourth-order valence-corrected chi connectivity index (χ4v) is 2.95. The van der Waals surface area contributed by atoms with Crippen LogP contribution in [0.1, 0.15) is 16.2 Å². The molecule has 3 aromatic rings. The van der Waals surface area contributed by atoms with Crippen LogP contribution in [0.15, 0.2) is 48.9 Å². The van der Waals surface area contributed by atoms with Crippen molar-refractivity contribution in [1.82, 2.24) is 25.1 Å². The van der Waals surface area contributed by atoms with E-state index < -0.39 is 29.4 Å². The van der Waals surface area contributed by atoms with Gasteiger partial charge in [-0.15, -0.1) is 0 Å². The van der Waals surface area contributed by atoms with Gasteiger partial charge in [-0.3, -0.25) is 24.2 Å². The van der Waals surface area contributed by atoms with Crippen molar-refractivity contribution in [2.24, 2.45) is 0 Å². The van der Waals surface area contributed by atoms with E-state index in [0.29, 0.717) is 17.3 Å². The lowest BCUT2D eigenvalue weighted by atomic mass is 10.2. The average Bonchev–Trinajstić information content (AvgIpc) is 3.05. The molecule has 148 valence electrons. The molecule has 0 saturated heterocycles. The maximum atomic E-state index is 14.3. The normalized spacial score (nSPS) is 16.0. The van der Waals surface area contributed by atoms with Gasteiger partial charge in [-0.2, -0.15) is 5.10 Å². The summed E-state index contributed by atoms with van der Waals surface area (Å²) in [6.45, 7) is 0.101. The zero-order valence-electron chi connectivity index (χ0n) is 15.4. The maximum absolute atomic E-state index is 14.3. The van der Waals surface area contributed by atoms with Crippen molar-refractivity contribution >= 4 is 17.6 Å². The van der Waals surface area contributed by atoms with Crippen LogP contribution in [0.4, 0.5) is 10.2 Å². The van der Waals surface area contributed by atoms with E-state index in [0.717, 1.165) is 6.20 Å². The van der Waals surface area contributed by atoms with Gasteiger partial charge in [-0.25, -0.2) is 9.37 Å². The molecule has 4 heterocycles. The van der Waals surface area contributed by atoms with Crippen molar-refractivity contribution in [3.05, 3.63) is 66.1 Å². The van der Waals surface area contributed by atoms with Gasteiger partial charge in [0, 0.05) is 19.4 Å². The number of halogens is 1. The van der Waals surface area contributed by atoms with E-state index in [-0.39, 0.29) is 13.2 Å². The molecule has 0 saturated carbocycles. The summed E-state index contributed by atoms with van der Waals surface area (Å²) in [5.74, 6) is -1.26. The summed E-state index contributed by atoms with van der Waals surface area (Å²) in [4.78, 5) is 34.8. The maximum Gasteiger partial charge on any atom is 0.275 e. The molecule has 0 radical (unpaired) electrons. The SMILES string of the molecule is CN1C(=O)[C@@H](NC(=O)c2nn(Cc3ccccn3)cc2F)COc2cccnc21. The molecular formula is C19H17FN6O3. The molecule has 0 aliphatic carbocycles. The highest BCUT2D eigenvalue weighted by atomic mass is 19.1. The Bertz CT molecular complexity index is 1060. The van der Waals surface area contributed by atoms with Crippen LogP contribution in [0.2, 0.25) is 0 Å². The number of pyridine rings is 2. The van der Waals surface area contributed by atoms with Crippen LogP contribution < -0.4 is 15.0 Å². The summed E-state index contributed by atoms with van der Waals surface area (Å²) in [6.07, 6.45) is 4.26. The Kier molecular flexibility index (Phi) is 4.90. The van der Waals surface area contributed by atoms with Crippen LogP contribution >= 0.6 is 0 Å². The van der Waals surface area contributed by atoms with Crippen molar-refractivity contribution in [3.8, 4) is 5.75 Å². The highest BCUT2D eigenvalue weighted by Crippen LogP contribution is 2.27. The minimum atomic E-state index is -1.01. The van der Waals surface area contributed by atoms with Gasteiger partial charge in [0.15, 0.2) is 23.1 Å². The highest BCUT2D eigenvalue weighted by molar-refractivity contribution is 6.02. The summed E-state index contributed by atoms with van der Waals surface area (Å²) >= 11 is 0. The predicted molar refractivity (Wildman–Crippen MR) is 99.9 cm³/mol. The Balaban J connectivity index is 1.49. The second kappa shape index (κ2) is 7.66. The zero-order valence-corrected chi connectivity index (χ0v) is 15.4. The number of fused-ring (bicyclic) bond motifs is 1. The number of carbonyl (C=O) groups excluding carboxylic acids is 2. The third kappa shape index (κ3) is 3.77. The number of nitrogens with zero attached hydrogens (tertiary/aromatic N) is 5. The van der Waals surface area contributed by atoms with Gasteiger partial charge < -0.3 is 10.1 Å². The highest BCUT2D eigenvalue weighted by Gasteiger charge is 2.32. The van der Waals surface area contributed by atoms with Gasteiger partial charge in [0.1, 0.15) is 12.6 Å². The number of amides is 2. The van der Waals surface area contributed by atoms with Crippen LogP contribution in [-0.4, -0.2) is 51.3 Å². The smallest absolute Gasteiger partial charge is 0.275 e. The van der Waals surface area contributed by atoms with Gasteiger partial charge in [0.2, 0.25) is 0 Å². The molecule has 0 fully saturated rings. The second-order valence-corrected chi connectivity index (χ2v) is 6.40. The number of aromatic nitrogens is 4. The monoisotopic (exact) mass is 396 g/mol. The minimum absolute atomic E-state index is 0.107. The van der Waals surface area contributed by atoms with Crippen molar-refractivity contribution in [2.45, 2.75) is 12.6 Å². The van der Waals surface area contributed by atoms with Crippen molar-refractivity contribution in [3.63, 3.8) is 0 Å². The first-order valence-electron chi connectivity index (χ1n) is 8.82. The molecule has 1 atom stereocenters. The number of rotatable bonds is 4. The van der Waals surface area contributed by atoms with Crippen LogP contribution in [0.3, 0.4) is 0 Å². The van der Waals surface area contributed by atoms with Gasteiger partial charge in [-0.05, 0) is 24.3 Å². The number of anilines is 1. The molecule has 2 amide bonds. The lowest BCUT2D eigenvalue weighted by Crippen LogP contribution is -2.49. The number of carbonyl (C=O) groups is 2. The molecule has 1 N–H and O–H groups in total. The molecule has 9 nitrogen and oxygen atoms in total. The van der Waals surface area contributed by atoms with Gasteiger partial charge in [0.25, 0.3) is 11.8 Å². The molecule has 1 aliphatic heterocycles. The molecule has 0 aromatic carbocycles. The largest absolute Gasteiger partial charge is 0.487 e. The lowest BCUT2D eigenvalue weighted by molar-refractivity contribution is -0.120. The predicted octanol–water partition coefficient (Wildman–Crippen LogP) is 1.01. The Labute approximate surface area is 165 Å². The van der Waals surface area contributed by atoms with Crippen molar-refractivity contribution < 1.29 is 18.7 Å². The van der Waals surface area contributed by atoms with Gasteiger partial charge in [0.05, 0.1) is 18.4 Å². The van der Waals surface area contributed by atoms with E-state index >= 15 is 0 Å². The Morgan fingerprint density at radius 3 is 2.90 bits per heavy atom.